The Morgan fingerprint density at radius 3 is 1.32 bits per heavy atom. The molecule has 0 spiro atoms. The summed E-state index contributed by atoms with van der Waals surface area (Å²) in [7, 11) is 0. The molecule has 6 heteroatoms. The minimum atomic E-state index is -0.807. The first-order valence-electron chi connectivity index (χ1n) is 21.8. The van der Waals surface area contributed by atoms with Crippen LogP contribution in [0.3, 0.4) is 0 Å². The Bertz CT molecular complexity index is 991. The minimum absolute atomic E-state index is 0.104. The third-order valence-electron chi connectivity index (χ3n) is 9.05. The molecule has 6 nitrogen and oxygen atoms in total. The first-order chi connectivity index (χ1) is 26.0. The van der Waals surface area contributed by atoms with Crippen LogP contribution in [0, 0.1) is 0 Å². The van der Waals surface area contributed by atoms with Gasteiger partial charge in [0.05, 0.1) is 6.42 Å². The normalized spacial score (nSPS) is 12.6. The molecule has 0 radical (unpaired) electrons. The van der Waals surface area contributed by atoms with Crippen molar-refractivity contribution in [3.05, 3.63) is 60.8 Å². The van der Waals surface area contributed by atoms with E-state index >= 15 is 0 Å². The van der Waals surface area contributed by atoms with Gasteiger partial charge in [0.1, 0.15) is 13.2 Å². The molecule has 0 bridgehead atoms. The van der Waals surface area contributed by atoms with Crippen molar-refractivity contribution in [2.45, 2.75) is 207 Å². The van der Waals surface area contributed by atoms with Gasteiger partial charge in [0.15, 0.2) is 6.10 Å². The third-order valence-corrected chi connectivity index (χ3v) is 9.05. The van der Waals surface area contributed by atoms with Gasteiger partial charge in [-0.15, -0.1) is 0 Å². The van der Waals surface area contributed by atoms with Gasteiger partial charge in [-0.05, 0) is 57.8 Å². The summed E-state index contributed by atoms with van der Waals surface area (Å²) in [6.07, 6.45) is 49.5. The van der Waals surface area contributed by atoms with E-state index in [4.69, 9.17) is 14.2 Å². The van der Waals surface area contributed by atoms with Crippen molar-refractivity contribution in [3.63, 3.8) is 0 Å². The van der Waals surface area contributed by atoms with Crippen molar-refractivity contribution in [1.82, 2.24) is 0 Å². The van der Waals surface area contributed by atoms with Gasteiger partial charge in [-0.3, -0.25) is 14.4 Å². The van der Waals surface area contributed by atoms with E-state index in [9.17, 15) is 14.4 Å². The van der Waals surface area contributed by atoms with Crippen molar-refractivity contribution in [1.29, 1.82) is 0 Å². The summed E-state index contributed by atoms with van der Waals surface area (Å²) in [4.78, 5) is 37.5. The molecule has 304 valence electrons. The highest BCUT2D eigenvalue weighted by Crippen LogP contribution is 2.14. The number of carbonyl (C=O) groups excluding carboxylic acids is 3. The smallest absolute Gasteiger partial charge is 0.309 e. The highest BCUT2D eigenvalue weighted by Gasteiger charge is 2.19. The quantitative estimate of drug-likeness (QED) is 0.0271. The van der Waals surface area contributed by atoms with Crippen LogP contribution in [0.1, 0.15) is 201 Å². The maximum absolute atomic E-state index is 12.7. The van der Waals surface area contributed by atoms with E-state index in [1.807, 2.05) is 6.08 Å². The van der Waals surface area contributed by atoms with E-state index in [1.165, 1.54) is 83.5 Å². The summed E-state index contributed by atoms with van der Waals surface area (Å²) in [6, 6.07) is 0. The van der Waals surface area contributed by atoms with Crippen LogP contribution in [0.2, 0.25) is 0 Å². The average Bonchev–Trinajstić information content (AvgIpc) is 3.15. The molecule has 1 atom stereocenters. The molecule has 0 heterocycles. The lowest BCUT2D eigenvalue weighted by Gasteiger charge is -2.18. The number of allylic oxidation sites excluding steroid dienone is 9. The van der Waals surface area contributed by atoms with Crippen LogP contribution in [-0.4, -0.2) is 37.2 Å². The van der Waals surface area contributed by atoms with Gasteiger partial charge in [-0.1, -0.05) is 184 Å². The number of rotatable bonds is 38. The highest BCUT2D eigenvalue weighted by atomic mass is 16.6. The Morgan fingerprint density at radius 2 is 0.811 bits per heavy atom. The molecule has 0 saturated carbocycles. The van der Waals surface area contributed by atoms with Crippen LogP contribution in [0.15, 0.2) is 60.8 Å². The summed E-state index contributed by atoms with van der Waals surface area (Å²) in [5.41, 5.74) is 0. The number of ether oxygens (including phenoxy) is 3. The van der Waals surface area contributed by atoms with Crippen molar-refractivity contribution >= 4 is 17.9 Å². The lowest BCUT2D eigenvalue weighted by atomic mass is 10.0. The number of unbranched alkanes of at least 4 members (excludes halogenated alkanes) is 18. The number of hydrogen-bond donors (Lipinski definition) is 0. The van der Waals surface area contributed by atoms with Crippen molar-refractivity contribution in [2.75, 3.05) is 13.2 Å². The summed E-state index contributed by atoms with van der Waals surface area (Å²) in [5.74, 6) is -1.05. The Labute approximate surface area is 326 Å². The van der Waals surface area contributed by atoms with Crippen molar-refractivity contribution in [3.8, 4) is 0 Å². The molecule has 0 aliphatic rings. The summed E-state index contributed by atoms with van der Waals surface area (Å²) in [5, 5.41) is 0. The van der Waals surface area contributed by atoms with Gasteiger partial charge < -0.3 is 14.2 Å². The lowest BCUT2D eigenvalue weighted by Crippen LogP contribution is -2.30. The second kappa shape index (κ2) is 41.9. The zero-order chi connectivity index (χ0) is 38.7. The molecular weight excluding hydrogens is 661 g/mol. The van der Waals surface area contributed by atoms with Crippen molar-refractivity contribution < 1.29 is 28.6 Å². The first-order valence-corrected chi connectivity index (χ1v) is 21.8. The fourth-order valence-electron chi connectivity index (χ4n) is 5.83. The fraction of sp³-hybridized carbons (Fsp3) is 0.723. The Kier molecular flexibility index (Phi) is 39.6. The van der Waals surface area contributed by atoms with Crippen LogP contribution in [0.5, 0.6) is 0 Å². The van der Waals surface area contributed by atoms with E-state index in [0.29, 0.717) is 12.8 Å². The SMILES string of the molecule is CC/C=C\C/C=C\C/C=C\CC(=O)OCC(COC(=O)CCCCCCCCC/C=C\C/C=C\CC)OC(=O)CCCCCCCCCCCCCC. The molecule has 0 aromatic carbocycles. The van der Waals surface area contributed by atoms with Gasteiger partial charge in [0.2, 0.25) is 0 Å². The molecule has 0 aromatic rings. The fourth-order valence-corrected chi connectivity index (χ4v) is 5.83. The molecule has 0 amide bonds. The third kappa shape index (κ3) is 40.1. The van der Waals surface area contributed by atoms with Crippen LogP contribution < -0.4 is 0 Å². The van der Waals surface area contributed by atoms with Gasteiger partial charge >= 0.3 is 17.9 Å². The van der Waals surface area contributed by atoms with E-state index < -0.39 is 12.1 Å². The molecule has 0 aromatic heterocycles. The molecule has 0 fully saturated rings. The second-order valence-corrected chi connectivity index (χ2v) is 14.2. The molecule has 1 unspecified atom stereocenters. The summed E-state index contributed by atoms with van der Waals surface area (Å²) < 4.78 is 16.5. The monoisotopic (exact) mass is 741 g/mol. The zero-order valence-corrected chi connectivity index (χ0v) is 34.5. The molecule has 53 heavy (non-hydrogen) atoms. The van der Waals surface area contributed by atoms with E-state index in [1.54, 1.807) is 6.08 Å². The zero-order valence-electron chi connectivity index (χ0n) is 34.5. The summed E-state index contributed by atoms with van der Waals surface area (Å²) >= 11 is 0. The Morgan fingerprint density at radius 1 is 0.415 bits per heavy atom. The van der Waals surface area contributed by atoms with Crippen LogP contribution in [0.25, 0.3) is 0 Å². The Hall–Kier alpha value is -2.89. The largest absolute Gasteiger partial charge is 0.462 e. The lowest BCUT2D eigenvalue weighted by molar-refractivity contribution is -0.166. The molecule has 0 N–H and O–H groups in total. The maximum atomic E-state index is 12.7. The van der Waals surface area contributed by atoms with E-state index in [0.717, 1.165) is 77.0 Å². The standard InChI is InChI=1S/C47H80O6/c1-4-7-10-13-16-19-21-23-24-26-28-31-34-37-40-46(49)52-43-44(42-51-45(48)39-36-33-30-27-18-15-12-9-6-3)53-47(50)41-38-35-32-29-25-22-20-17-14-11-8-5-2/h7,9-10,12,16,18-19,27,33,36,44H,4-6,8,11,13-15,17,20-26,28-32,34-35,37-43H2,1-3H3/b10-7-,12-9-,19-16-,27-18-,36-33-. The highest BCUT2D eigenvalue weighted by molar-refractivity contribution is 5.72. The topological polar surface area (TPSA) is 78.9 Å². The number of esters is 3. The predicted molar refractivity (Wildman–Crippen MR) is 224 cm³/mol. The van der Waals surface area contributed by atoms with E-state index in [-0.39, 0.29) is 31.6 Å². The van der Waals surface area contributed by atoms with Gasteiger partial charge in [-0.25, -0.2) is 0 Å². The van der Waals surface area contributed by atoms with Gasteiger partial charge in [0, 0.05) is 12.8 Å². The van der Waals surface area contributed by atoms with Crippen LogP contribution in [-0.2, 0) is 28.6 Å². The Balaban J connectivity index is 4.43. The van der Waals surface area contributed by atoms with E-state index in [2.05, 4.69) is 69.4 Å². The second-order valence-electron chi connectivity index (χ2n) is 14.2. The predicted octanol–water partition coefficient (Wildman–Crippen LogP) is 13.7. The van der Waals surface area contributed by atoms with Crippen molar-refractivity contribution in [2.24, 2.45) is 0 Å². The average molecular weight is 741 g/mol. The van der Waals surface area contributed by atoms with Crippen LogP contribution in [0.4, 0.5) is 0 Å². The number of carbonyl (C=O) groups is 3. The molecular formula is C47H80O6. The molecule has 0 saturated heterocycles. The number of hydrogen-bond acceptors (Lipinski definition) is 6. The van der Waals surface area contributed by atoms with Gasteiger partial charge in [0.25, 0.3) is 0 Å². The molecule has 0 rings (SSSR count). The van der Waals surface area contributed by atoms with Crippen LogP contribution >= 0.6 is 0 Å². The molecule has 0 aliphatic carbocycles. The molecule has 0 aliphatic heterocycles. The minimum Gasteiger partial charge on any atom is -0.462 e. The first kappa shape index (κ1) is 50.1. The maximum Gasteiger partial charge on any atom is 0.309 e. The van der Waals surface area contributed by atoms with Gasteiger partial charge in [-0.2, -0.15) is 0 Å². The summed E-state index contributed by atoms with van der Waals surface area (Å²) in [6.45, 7) is 6.29.